The highest BCUT2D eigenvalue weighted by atomic mass is 35.5. The van der Waals surface area contributed by atoms with E-state index in [-0.39, 0.29) is 5.50 Å². The molecule has 0 saturated carbocycles. The Morgan fingerprint density at radius 1 is 1.44 bits per heavy atom. The number of hydrogen-bond donors (Lipinski definition) is 1. The Bertz CT molecular complexity index is 507. The van der Waals surface area contributed by atoms with E-state index in [9.17, 15) is 9.59 Å². The van der Waals surface area contributed by atoms with Crippen molar-refractivity contribution in [2.45, 2.75) is 19.3 Å². The van der Waals surface area contributed by atoms with E-state index >= 15 is 0 Å². The summed E-state index contributed by atoms with van der Waals surface area (Å²) in [5.74, 6) is -0.305. The van der Waals surface area contributed by atoms with Crippen LogP contribution in [0.3, 0.4) is 0 Å². The zero-order valence-electron chi connectivity index (χ0n) is 10.1. The van der Waals surface area contributed by atoms with Gasteiger partial charge in [0.05, 0.1) is 5.69 Å². The molecule has 1 fully saturated rings. The summed E-state index contributed by atoms with van der Waals surface area (Å²) in [7, 11) is 0. The average Bonchev–Trinajstić information content (AvgIpc) is 2.59. The smallest absolute Gasteiger partial charge is 0.318 e. The summed E-state index contributed by atoms with van der Waals surface area (Å²) in [6.07, 6.45) is 0. The lowest BCUT2D eigenvalue weighted by atomic mass is 10.2. The minimum absolute atomic E-state index is 0.354. The fraction of sp³-hybridized carbons (Fsp3) is 0.333. The van der Waals surface area contributed by atoms with Gasteiger partial charge in [-0.25, -0.2) is 0 Å². The van der Waals surface area contributed by atoms with E-state index in [1.807, 2.05) is 19.9 Å². The molecule has 1 atom stereocenters. The lowest BCUT2D eigenvalue weighted by molar-refractivity contribution is -0.134. The van der Waals surface area contributed by atoms with E-state index in [1.165, 1.54) is 16.7 Å². The number of amides is 2. The van der Waals surface area contributed by atoms with E-state index in [2.05, 4.69) is 5.32 Å². The number of rotatable bonds is 3. The molecule has 1 aliphatic rings. The molecule has 6 heteroatoms. The minimum Gasteiger partial charge on any atom is -0.318 e. The molecule has 18 heavy (non-hydrogen) atoms. The summed E-state index contributed by atoms with van der Waals surface area (Å²) in [6.45, 7) is 3.86. The molecular formula is C12H13ClN2O2S. The maximum absolute atomic E-state index is 11.9. The number of nitrogens with one attached hydrogen (secondary N) is 1. The number of benzene rings is 1. The van der Waals surface area contributed by atoms with E-state index in [0.29, 0.717) is 10.7 Å². The lowest BCUT2D eigenvalue weighted by Gasteiger charge is -2.24. The van der Waals surface area contributed by atoms with Crippen molar-refractivity contribution in [3.63, 3.8) is 0 Å². The zero-order valence-corrected chi connectivity index (χ0v) is 11.6. The van der Waals surface area contributed by atoms with Crippen molar-refractivity contribution < 1.29 is 9.59 Å². The summed E-state index contributed by atoms with van der Waals surface area (Å²) in [5.41, 5.74) is 1.23. The van der Waals surface area contributed by atoms with Gasteiger partial charge in [-0.15, -0.1) is 11.8 Å². The molecule has 2 rings (SSSR count). The van der Waals surface area contributed by atoms with Gasteiger partial charge in [-0.1, -0.05) is 24.6 Å². The zero-order chi connectivity index (χ0) is 13.3. The van der Waals surface area contributed by atoms with Crippen LogP contribution in [0.25, 0.3) is 0 Å². The van der Waals surface area contributed by atoms with Gasteiger partial charge in [0.15, 0.2) is 5.50 Å². The molecule has 1 N–H and O–H groups in total. The van der Waals surface area contributed by atoms with Gasteiger partial charge >= 0.3 is 11.8 Å². The average molecular weight is 285 g/mol. The van der Waals surface area contributed by atoms with Gasteiger partial charge in [-0.05, 0) is 30.4 Å². The monoisotopic (exact) mass is 284 g/mol. The predicted molar refractivity (Wildman–Crippen MR) is 73.7 cm³/mol. The molecule has 2 amide bonds. The van der Waals surface area contributed by atoms with Crippen LogP contribution in [0, 0.1) is 6.92 Å². The summed E-state index contributed by atoms with van der Waals surface area (Å²) >= 11 is 7.45. The molecule has 0 bridgehead atoms. The number of thioether (sulfide) groups is 1. The van der Waals surface area contributed by atoms with Gasteiger partial charge in [0.25, 0.3) is 0 Å². The summed E-state index contributed by atoms with van der Waals surface area (Å²) in [4.78, 5) is 24.9. The van der Waals surface area contributed by atoms with Crippen LogP contribution in [0.15, 0.2) is 18.2 Å². The van der Waals surface area contributed by atoms with Crippen LogP contribution in [0.1, 0.15) is 12.5 Å². The first kappa shape index (κ1) is 13.2. The fourth-order valence-electron chi connectivity index (χ4n) is 1.81. The standard InChI is InChI=1S/C12H13ClN2O2S/c1-3-18-12-14-10(16)11(17)15(12)9-6-8(13)5-4-7(9)2/h4-6,12H,3H2,1-2H3,(H,14,16). The Labute approximate surface area is 115 Å². The third-order valence-electron chi connectivity index (χ3n) is 2.66. The summed E-state index contributed by atoms with van der Waals surface area (Å²) < 4.78 is 0. The van der Waals surface area contributed by atoms with Crippen molar-refractivity contribution >= 4 is 40.9 Å². The number of anilines is 1. The SMILES string of the molecule is CCSC1NC(=O)C(=O)N1c1cc(Cl)ccc1C. The van der Waals surface area contributed by atoms with Gasteiger partial charge in [0.1, 0.15) is 0 Å². The van der Waals surface area contributed by atoms with Gasteiger partial charge in [-0.2, -0.15) is 0 Å². The first-order valence-corrected chi connectivity index (χ1v) is 6.99. The Morgan fingerprint density at radius 3 is 2.83 bits per heavy atom. The largest absolute Gasteiger partial charge is 0.318 e. The minimum atomic E-state index is -0.569. The van der Waals surface area contributed by atoms with Gasteiger partial charge in [-0.3, -0.25) is 14.5 Å². The third-order valence-corrected chi connectivity index (χ3v) is 3.87. The van der Waals surface area contributed by atoms with E-state index < -0.39 is 11.8 Å². The van der Waals surface area contributed by atoms with E-state index in [4.69, 9.17) is 11.6 Å². The van der Waals surface area contributed by atoms with Crippen molar-refractivity contribution in [3.8, 4) is 0 Å². The molecule has 1 aromatic rings. The molecule has 0 aromatic heterocycles. The molecule has 1 aromatic carbocycles. The number of carbonyl (C=O) groups is 2. The first-order valence-electron chi connectivity index (χ1n) is 5.56. The first-order chi connectivity index (χ1) is 8.54. The predicted octanol–water partition coefficient (Wildman–Crippen LogP) is 2.15. The van der Waals surface area contributed by atoms with E-state index in [0.717, 1.165) is 11.3 Å². The Balaban J connectivity index is 2.42. The molecule has 1 saturated heterocycles. The molecular weight excluding hydrogens is 272 g/mol. The molecule has 4 nitrogen and oxygen atoms in total. The highest BCUT2D eigenvalue weighted by Gasteiger charge is 2.39. The molecule has 1 unspecified atom stereocenters. The molecule has 0 aliphatic carbocycles. The van der Waals surface area contributed by atoms with Crippen LogP contribution in [0.2, 0.25) is 5.02 Å². The van der Waals surface area contributed by atoms with Crippen LogP contribution in [-0.4, -0.2) is 23.1 Å². The van der Waals surface area contributed by atoms with Crippen LogP contribution < -0.4 is 10.2 Å². The molecule has 1 aliphatic heterocycles. The Kier molecular flexibility index (Phi) is 3.82. The Hall–Kier alpha value is -1.20. The fourth-order valence-corrected chi connectivity index (χ4v) is 2.84. The third kappa shape index (κ3) is 2.33. The molecule has 0 radical (unpaired) electrons. The Morgan fingerprint density at radius 2 is 2.17 bits per heavy atom. The van der Waals surface area contributed by atoms with Crippen molar-refractivity contribution in [2.75, 3.05) is 10.7 Å². The number of nitrogens with zero attached hydrogens (tertiary/aromatic N) is 1. The van der Waals surface area contributed by atoms with Crippen molar-refractivity contribution in [3.05, 3.63) is 28.8 Å². The summed E-state index contributed by atoms with van der Waals surface area (Å²) in [6, 6.07) is 5.30. The van der Waals surface area contributed by atoms with Crippen molar-refractivity contribution in [1.82, 2.24) is 5.32 Å². The van der Waals surface area contributed by atoms with Gasteiger partial charge in [0, 0.05) is 5.02 Å². The quantitative estimate of drug-likeness (QED) is 0.865. The molecule has 96 valence electrons. The molecule has 1 heterocycles. The van der Waals surface area contributed by atoms with Crippen LogP contribution >= 0.6 is 23.4 Å². The highest BCUT2D eigenvalue weighted by Crippen LogP contribution is 2.30. The number of halogens is 1. The maximum atomic E-state index is 11.9. The second kappa shape index (κ2) is 5.20. The summed E-state index contributed by atoms with van der Waals surface area (Å²) in [5, 5.41) is 3.20. The van der Waals surface area contributed by atoms with Gasteiger partial charge in [0.2, 0.25) is 0 Å². The normalized spacial score (nSPS) is 19.3. The van der Waals surface area contributed by atoms with Crippen molar-refractivity contribution in [2.24, 2.45) is 0 Å². The highest BCUT2D eigenvalue weighted by molar-refractivity contribution is 8.00. The lowest BCUT2D eigenvalue weighted by Crippen LogP contribution is -2.35. The number of carbonyl (C=O) groups excluding carboxylic acids is 2. The van der Waals surface area contributed by atoms with E-state index in [1.54, 1.807) is 12.1 Å². The van der Waals surface area contributed by atoms with Gasteiger partial charge < -0.3 is 5.32 Å². The second-order valence-electron chi connectivity index (χ2n) is 3.89. The maximum Gasteiger partial charge on any atom is 0.318 e. The second-order valence-corrected chi connectivity index (χ2v) is 5.68. The number of aryl methyl sites for hydroxylation is 1. The van der Waals surface area contributed by atoms with Crippen molar-refractivity contribution in [1.29, 1.82) is 0 Å². The molecule has 0 spiro atoms. The van der Waals surface area contributed by atoms with Crippen LogP contribution in [0.5, 0.6) is 0 Å². The van der Waals surface area contributed by atoms with Crippen LogP contribution in [0.4, 0.5) is 5.69 Å². The van der Waals surface area contributed by atoms with Crippen LogP contribution in [-0.2, 0) is 9.59 Å². The number of hydrogen-bond acceptors (Lipinski definition) is 3. The topological polar surface area (TPSA) is 49.4 Å².